The van der Waals surface area contributed by atoms with Crippen molar-refractivity contribution in [1.82, 2.24) is 5.32 Å². The lowest BCUT2D eigenvalue weighted by Gasteiger charge is -2.11. The molecule has 0 saturated heterocycles. The van der Waals surface area contributed by atoms with Gasteiger partial charge in [-0.15, -0.1) is 0 Å². The number of amides is 1. The van der Waals surface area contributed by atoms with Crippen molar-refractivity contribution in [3.8, 4) is 0 Å². The van der Waals surface area contributed by atoms with Crippen LogP contribution in [0.5, 0.6) is 0 Å². The van der Waals surface area contributed by atoms with Gasteiger partial charge in [-0.1, -0.05) is 6.07 Å². The molecule has 0 unspecified atom stereocenters. The Bertz CT molecular complexity index is 937. The highest BCUT2D eigenvalue weighted by molar-refractivity contribution is 7.92. The molecule has 2 N–H and O–H groups in total. The Morgan fingerprint density at radius 1 is 1.07 bits per heavy atom. The van der Waals surface area contributed by atoms with Crippen molar-refractivity contribution >= 4 is 21.6 Å². The first kappa shape index (κ1) is 19.2. The number of carbonyl (C=O) groups excluding carboxylic acids is 1. The minimum absolute atomic E-state index is 0.154. The summed E-state index contributed by atoms with van der Waals surface area (Å²) in [7, 11) is -4.08. The molecule has 0 aromatic heterocycles. The number of alkyl halides is 3. The van der Waals surface area contributed by atoms with Gasteiger partial charge in [-0.25, -0.2) is 8.42 Å². The molecule has 0 aliphatic heterocycles. The summed E-state index contributed by atoms with van der Waals surface area (Å²) in [5.41, 5.74) is -0.838. The van der Waals surface area contributed by atoms with Gasteiger partial charge in [-0.3, -0.25) is 9.52 Å². The second kappa shape index (κ2) is 7.22. The standard InChI is InChI=1S/C18H17F3N2O3S/c19-18(20,21)14-2-1-3-15(10-14)23-27(25,26)16-8-6-13(7-9-16)17(24)22-11-12-4-5-12/h1-3,6-10,12,23H,4-5,11H2,(H,22,24). The summed E-state index contributed by atoms with van der Waals surface area (Å²) in [6.45, 7) is 0.593. The fourth-order valence-electron chi connectivity index (χ4n) is 2.42. The summed E-state index contributed by atoms with van der Waals surface area (Å²) in [5, 5.41) is 2.77. The average Bonchev–Trinajstić information content (AvgIpc) is 3.43. The quantitative estimate of drug-likeness (QED) is 0.780. The van der Waals surface area contributed by atoms with Crippen LogP contribution in [-0.4, -0.2) is 20.9 Å². The molecule has 2 aromatic rings. The molecular formula is C18H17F3N2O3S. The molecular weight excluding hydrogens is 381 g/mol. The van der Waals surface area contributed by atoms with Crippen molar-refractivity contribution < 1.29 is 26.4 Å². The molecule has 1 aliphatic rings. The van der Waals surface area contributed by atoms with E-state index in [0.717, 1.165) is 31.0 Å². The van der Waals surface area contributed by atoms with E-state index in [1.807, 2.05) is 0 Å². The topological polar surface area (TPSA) is 75.3 Å². The Kier molecular flexibility index (Phi) is 5.14. The Morgan fingerprint density at radius 3 is 2.33 bits per heavy atom. The van der Waals surface area contributed by atoms with Gasteiger partial charge in [0.2, 0.25) is 0 Å². The highest BCUT2D eigenvalue weighted by atomic mass is 32.2. The summed E-state index contributed by atoms with van der Waals surface area (Å²) < 4.78 is 65.1. The zero-order valence-electron chi connectivity index (χ0n) is 14.1. The molecule has 144 valence electrons. The number of carbonyl (C=O) groups is 1. The number of halogens is 3. The van der Waals surface area contributed by atoms with Crippen LogP contribution in [0.4, 0.5) is 18.9 Å². The van der Waals surface area contributed by atoms with Crippen LogP contribution in [-0.2, 0) is 16.2 Å². The minimum Gasteiger partial charge on any atom is -0.352 e. The van der Waals surface area contributed by atoms with E-state index in [1.54, 1.807) is 0 Å². The minimum atomic E-state index is -4.57. The van der Waals surface area contributed by atoms with E-state index in [4.69, 9.17) is 0 Å². The predicted octanol–water partition coefficient (Wildman–Crippen LogP) is 3.65. The lowest BCUT2D eigenvalue weighted by Crippen LogP contribution is -2.25. The summed E-state index contributed by atoms with van der Waals surface area (Å²) in [6.07, 6.45) is -2.38. The Balaban J connectivity index is 1.72. The van der Waals surface area contributed by atoms with Gasteiger partial charge < -0.3 is 5.32 Å². The lowest BCUT2D eigenvalue weighted by molar-refractivity contribution is -0.137. The van der Waals surface area contributed by atoms with E-state index >= 15 is 0 Å². The van der Waals surface area contributed by atoms with Crippen LogP contribution in [0.3, 0.4) is 0 Å². The molecule has 3 rings (SSSR count). The summed E-state index contributed by atoms with van der Waals surface area (Å²) in [4.78, 5) is 11.8. The molecule has 1 fully saturated rings. The molecule has 1 aliphatic carbocycles. The summed E-state index contributed by atoms with van der Waals surface area (Å²) >= 11 is 0. The number of nitrogens with one attached hydrogen (secondary N) is 2. The van der Waals surface area contributed by atoms with Crippen molar-refractivity contribution in [3.63, 3.8) is 0 Å². The largest absolute Gasteiger partial charge is 0.416 e. The second-order valence-corrected chi connectivity index (χ2v) is 8.04. The molecule has 0 bridgehead atoms. The summed E-state index contributed by atoms with van der Waals surface area (Å²) in [5.74, 6) is 0.224. The molecule has 9 heteroatoms. The first-order valence-electron chi connectivity index (χ1n) is 8.23. The van der Waals surface area contributed by atoms with Crippen LogP contribution in [0.2, 0.25) is 0 Å². The number of anilines is 1. The maximum Gasteiger partial charge on any atom is 0.416 e. The number of benzene rings is 2. The Morgan fingerprint density at radius 2 is 1.74 bits per heavy atom. The fraction of sp³-hybridized carbons (Fsp3) is 0.278. The van der Waals surface area contributed by atoms with Crippen molar-refractivity contribution in [2.24, 2.45) is 5.92 Å². The highest BCUT2D eigenvalue weighted by Crippen LogP contribution is 2.31. The van der Waals surface area contributed by atoms with Crippen LogP contribution in [0.25, 0.3) is 0 Å². The molecule has 0 atom stereocenters. The highest BCUT2D eigenvalue weighted by Gasteiger charge is 2.30. The van der Waals surface area contributed by atoms with Gasteiger partial charge >= 0.3 is 6.18 Å². The van der Waals surface area contributed by atoms with E-state index < -0.39 is 21.8 Å². The smallest absolute Gasteiger partial charge is 0.352 e. The maximum atomic E-state index is 12.7. The Labute approximate surface area is 154 Å². The SMILES string of the molecule is O=C(NCC1CC1)c1ccc(S(=O)(=O)Nc2cccc(C(F)(F)F)c2)cc1. The number of hydrogen-bond donors (Lipinski definition) is 2. The fourth-order valence-corrected chi connectivity index (χ4v) is 3.47. The number of hydrogen-bond acceptors (Lipinski definition) is 3. The van der Waals surface area contributed by atoms with Crippen molar-refractivity contribution in [3.05, 3.63) is 59.7 Å². The molecule has 1 saturated carbocycles. The van der Waals surface area contributed by atoms with Gasteiger partial charge in [-0.05, 0) is 61.2 Å². The van der Waals surface area contributed by atoms with Crippen LogP contribution in [0, 0.1) is 5.92 Å². The number of sulfonamides is 1. The van der Waals surface area contributed by atoms with E-state index in [9.17, 15) is 26.4 Å². The van der Waals surface area contributed by atoms with Crippen LogP contribution >= 0.6 is 0 Å². The van der Waals surface area contributed by atoms with E-state index in [2.05, 4.69) is 10.0 Å². The normalized spacial score (nSPS) is 14.6. The van der Waals surface area contributed by atoms with Crippen LogP contribution in [0.15, 0.2) is 53.4 Å². The molecule has 0 heterocycles. The number of rotatable bonds is 6. The Hall–Kier alpha value is -2.55. The van der Waals surface area contributed by atoms with Crippen molar-refractivity contribution in [2.75, 3.05) is 11.3 Å². The first-order chi connectivity index (χ1) is 12.6. The van der Waals surface area contributed by atoms with E-state index in [0.29, 0.717) is 18.0 Å². The van der Waals surface area contributed by atoms with E-state index in [-0.39, 0.29) is 16.5 Å². The van der Waals surface area contributed by atoms with Gasteiger partial charge in [0.1, 0.15) is 0 Å². The lowest BCUT2D eigenvalue weighted by atomic mass is 10.2. The monoisotopic (exact) mass is 398 g/mol. The van der Waals surface area contributed by atoms with Gasteiger partial charge in [0.05, 0.1) is 10.5 Å². The first-order valence-corrected chi connectivity index (χ1v) is 9.72. The average molecular weight is 398 g/mol. The molecule has 0 spiro atoms. The van der Waals surface area contributed by atoms with Crippen molar-refractivity contribution in [1.29, 1.82) is 0 Å². The maximum absolute atomic E-state index is 12.7. The van der Waals surface area contributed by atoms with Crippen LogP contribution in [0.1, 0.15) is 28.8 Å². The molecule has 2 aromatic carbocycles. The predicted molar refractivity (Wildman–Crippen MR) is 93.8 cm³/mol. The third-order valence-electron chi connectivity index (χ3n) is 4.12. The second-order valence-electron chi connectivity index (χ2n) is 6.36. The van der Waals surface area contributed by atoms with Crippen molar-refractivity contribution in [2.45, 2.75) is 23.9 Å². The van der Waals surface area contributed by atoms with E-state index in [1.165, 1.54) is 30.3 Å². The van der Waals surface area contributed by atoms with Gasteiger partial charge in [0, 0.05) is 17.8 Å². The zero-order chi connectivity index (χ0) is 19.7. The van der Waals surface area contributed by atoms with Gasteiger partial charge in [0.25, 0.3) is 15.9 Å². The summed E-state index contributed by atoms with van der Waals surface area (Å²) in [6, 6.07) is 9.13. The van der Waals surface area contributed by atoms with Crippen LogP contribution < -0.4 is 10.0 Å². The zero-order valence-corrected chi connectivity index (χ0v) is 14.9. The molecule has 27 heavy (non-hydrogen) atoms. The third kappa shape index (κ3) is 5.00. The van der Waals surface area contributed by atoms with Gasteiger partial charge in [0.15, 0.2) is 0 Å². The molecule has 0 radical (unpaired) electrons. The third-order valence-corrected chi connectivity index (χ3v) is 5.51. The van der Waals surface area contributed by atoms with Gasteiger partial charge in [-0.2, -0.15) is 13.2 Å². The molecule has 1 amide bonds. The molecule has 5 nitrogen and oxygen atoms in total.